The number of nitrogens with zero attached hydrogens (tertiary/aromatic N) is 1. The molecular formula is C9H7NO2. The van der Waals surface area contributed by atoms with Crippen molar-refractivity contribution in [1.82, 2.24) is 4.98 Å². The molecule has 0 saturated carbocycles. The van der Waals surface area contributed by atoms with Crippen LogP contribution in [0.25, 0.3) is 10.9 Å². The zero-order chi connectivity index (χ0) is 8.55. The molecule has 2 aromatic rings. The zero-order valence-electron chi connectivity index (χ0n) is 6.23. The molecule has 0 atom stereocenters. The molecule has 0 radical (unpaired) electrons. The Hall–Kier alpha value is -1.77. The molecule has 0 saturated heterocycles. The van der Waals surface area contributed by atoms with E-state index in [4.69, 9.17) is 0 Å². The number of phenols is 2. The third kappa shape index (κ3) is 0.871. The smallest absolute Gasteiger partial charge is 0.142 e. The van der Waals surface area contributed by atoms with Gasteiger partial charge in [0.1, 0.15) is 17.0 Å². The lowest BCUT2D eigenvalue weighted by molar-refractivity contribution is 0.468. The quantitative estimate of drug-likeness (QED) is 0.577. The van der Waals surface area contributed by atoms with Crippen LogP contribution in [0.1, 0.15) is 0 Å². The van der Waals surface area contributed by atoms with E-state index < -0.39 is 0 Å². The van der Waals surface area contributed by atoms with Gasteiger partial charge in [-0.2, -0.15) is 0 Å². The van der Waals surface area contributed by atoms with Crippen LogP contribution in [0, 0.1) is 0 Å². The predicted octanol–water partition coefficient (Wildman–Crippen LogP) is 1.65. The number of fused-ring (bicyclic) bond motifs is 1. The Kier molecular flexibility index (Phi) is 1.37. The molecule has 2 N–H and O–H groups in total. The first-order valence-corrected chi connectivity index (χ1v) is 3.55. The molecule has 0 fully saturated rings. The number of rotatable bonds is 0. The summed E-state index contributed by atoms with van der Waals surface area (Å²) in [6.45, 7) is 0. The lowest BCUT2D eigenvalue weighted by Gasteiger charge is -2.00. The number of phenolic OH excluding ortho intramolecular Hbond substituents is 2. The Bertz CT molecular complexity index is 385. The largest absolute Gasteiger partial charge is 0.507 e. The number of benzene rings is 1. The van der Waals surface area contributed by atoms with Crippen LogP contribution in [-0.4, -0.2) is 15.2 Å². The molecule has 0 aliphatic carbocycles. The highest BCUT2D eigenvalue weighted by molar-refractivity contribution is 5.89. The minimum absolute atomic E-state index is 0.0865. The van der Waals surface area contributed by atoms with Crippen molar-refractivity contribution >= 4 is 10.9 Å². The molecule has 3 heteroatoms. The maximum absolute atomic E-state index is 9.34. The summed E-state index contributed by atoms with van der Waals surface area (Å²) in [5.74, 6) is 0.222. The zero-order valence-corrected chi connectivity index (χ0v) is 6.23. The molecule has 0 aliphatic heterocycles. The van der Waals surface area contributed by atoms with Crippen LogP contribution in [0.5, 0.6) is 11.5 Å². The highest BCUT2D eigenvalue weighted by atomic mass is 16.3. The standard InChI is InChI=1S/C9H7NO2/c11-7-3-4-8(12)9-6(7)2-1-5-10-9/h1-5,11-12H. The molecular weight excluding hydrogens is 154 g/mol. The van der Waals surface area contributed by atoms with E-state index in [0.717, 1.165) is 0 Å². The highest BCUT2D eigenvalue weighted by Crippen LogP contribution is 2.28. The molecule has 3 nitrogen and oxygen atoms in total. The Labute approximate surface area is 68.9 Å². The summed E-state index contributed by atoms with van der Waals surface area (Å²) >= 11 is 0. The fraction of sp³-hybridized carbons (Fsp3) is 0. The lowest BCUT2D eigenvalue weighted by atomic mass is 10.2. The van der Waals surface area contributed by atoms with E-state index in [1.807, 2.05) is 0 Å². The van der Waals surface area contributed by atoms with Crippen LogP contribution in [0.15, 0.2) is 30.5 Å². The average Bonchev–Trinajstić information content (AvgIpc) is 2.12. The van der Waals surface area contributed by atoms with Gasteiger partial charge in [-0.3, -0.25) is 4.98 Å². The summed E-state index contributed by atoms with van der Waals surface area (Å²) in [5.41, 5.74) is 0.428. The predicted molar refractivity (Wildman–Crippen MR) is 45.1 cm³/mol. The van der Waals surface area contributed by atoms with Crippen molar-refractivity contribution in [3.63, 3.8) is 0 Å². The van der Waals surface area contributed by atoms with E-state index in [0.29, 0.717) is 10.9 Å². The summed E-state index contributed by atoms with van der Waals surface area (Å²) in [7, 11) is 0. The number of hydrogen-bond donors (Lipinski definition) is 2. The van der Waals surface area contributed by atoms with Crippen LogP contribution < -0.4 is 0 Å². The maximum atomic E-state index is 9.34. The fourth-order valence-electron chi connectivity index (χ4n) is 1.14. The second-order valence-electron chi connectivity index (χ2n) is 2.50. The van der Waals surface area contributed by atoms with Crippen molar-refractivity contribution in [2.45, 2.75) is 0 Å². The van der Waals surface area contributed by atoms with Crippen molar-refractivity contribution in [3.8, 4) is 11.5 Å². The molecule has 0 unspecified atom stereocenters. The van der Waals surface area contributed by atoms with Gasteiger partial charge in [0.05, 0.1) is 0 Å². The van der Waals surface area contributed by atoms with Crippen molar-refractivity contribution in [1.29, 1.82) is 0 Å². The Morgan fingerprint density at radius 2 is 1.75 bits per heavy atom. The molecule has 0 bridgehead atoms. The number of pyridine rings is 1. The molecule has 1 heterocycles. The Morgan fingerprint density at radius 1 is 1.00 bits per heavy atom. The van der Waals surface area contributed by atoms with E-state index in [9.17, 15) is 10.2 Å². The summed E-state index contributed by atoms with van der Waals surface area (Å²) < 4.78 is 0. The topological polar surface area (TPSA) is 53.4 Å². The Balaban J connectivity index is 2.95. The second-order valence-corrected chi connectivity index (χ2v) is 2.50. The fourth-order valence-corrected chi connectivity index (χ4v) is 1.14. The van der Waals surface area contributed by atoms with Gasteiger partial charge < -0.3 is 10.2 Å². The first-order chi connectivity index (χ1) is 5.79. The van der Waals surface area contributed by atoms with Crippen LogP contribution in [0.4, 0.5) is 0 Å². The number of aromatic hydroxyl groups is 2. The van der Waals surface area contributed by atoms with Gasteiger partial charge in [0, 0.05) is 11.6 Å². The van der Waals surface area contributed by atoms with Gasteiger partial charge in [-0.05, 0) is 24.3 Å². The molecule has 2 rings (SSSR count). The minimum Gasteiger partial charge on any atom is -0.507 e. The third-order valence-corrected chi connectivity index (χ3v) is 1.73. The van der Waals surface area contributed by atoms with Gasteiger partial charge in [-0.25, -0.2) is 0 Å². The molecule has 0 amide bonds. The first kappa shape index (κ1) is 6.91. The van der Waals surface area contributed by atoms with Gasteiger partial charge in [-0.1, -0.05) is 0 Å². The SMILES string of the molecule is Oc1ccc(O)c2ncccc12. The van der Waals surface area contributed by atoms with Gasteiger partial charge in [0.2, 0.25) is 0 Å². The Morgan fingerprint density at radius 3 is 2.50 bits per heavy atom. The second kappa shape index (κ2) is 2.37. The maximum Gasteiger partial charge on any atom is 0.142 e. The van der Waals surface area contributed by atoms with Crippen LogP contribution >= 0.6 is 0 Å². The third-order valence-electron chi connectivity index (χ3n) is 1.73. The van der Waals surface area contributed by atoms with Gasteiger partial charge in [0.25, 0.3) is 0 Å². The highest BCUT2D eigenvalue weighted by Gasteiger charge is 2.03. The monoisotopic (exact) mass is 161 g/mol. The van der Waals surface area contributed by atoms with E-state index in [2.05, 4.69) is 4.98 Å². The van der Waals surface area contributed by atoms with Gasteiger partial charge in [-0.15, -0.1) is 0 Å². The summed E-state index contributed by atoms with van der Waals surface area (Å²) in [6, 6.07) is 6.28. The molecule has 60 valence electrons. The van der Waals surface area contributed by atoms with E-state index >= 15 is 0 Å². The van der Waals surface area contributed by atoms with Gasteiger partial charge >= 0.3 is 0 Å². The van der Waals surface area contributed by atoms with Crippen LogP contribution in [0.2, 0.25) is 0 Å². The van der Waals surface area contributed by atoms with Crippen molar-refractivity contribution in [2.24, 2.45) is 0 Å². The molecule has 0 spiro atoms. The normalized spacial score (nSPS) is 10.3. The van der Waals surface area contributed by atoms with Crippen LogP contribution in [-0.2, 0) is 0 Å². The van der Waals surface area contributed by atoms with E-state index in [1.165, 1.54) is 12.1 Å². The minimum atomic E-state index is 0.0865. The van der Waals surface area contributed by atoms with E-state index in [1.54, 1.807) is 18.3 Å². The molecule has 0 aliphatic rings. The van der Waals surface area contributed by atoms with Crippen molar-refractivity contribution < 1.29 is 10.2 Å². The molecule has 12 heavy (non-hydrogen) atoms. The summed E-state index contributed by atoms with van der Waals surface area (Å²) in [5, 5.41) is 19.2. The van der Waals surface area contributed by atoms with Crippen molar-refractivity contribution in [3.05, 3.63) is 30.5 Å². The van der Waals surface area contributed by atoms with E-state index in [-0.39, 0.29) is 11.5 Å². The first-order valence-electron chi connectivity index (χ1n) is 3.55. The van der Waals surface area contributed by atoms with Crippen molar-refractivity contribution in [2.75, 3.05) is 0 Å². The lowest BCUT2D eigenvalue weighted by Crippen LogP contribution is -1.78. The van der Waals surface area contributed by atoms with Crippen LogP contribution in [0.3, 0.4) is 0 Å². The summed E-state index contributed by atoms with van der Waals surface area (Å²) in [6.07, 6.45) is 1.57. The summed E-state index contributed by atoms with van der Waals surface area (Å²) in [4.78, 5) is 3.93. The number of hydrogen-bond acceptors (Lipinski definition) is 3. The van der Waals surface area contributed by atoms with Gasteiger partial charge in [0.15, 0.2) is 0 Å². The average molecular weight is 161 g/mol. The number of aromatic nitrogens is 1. The molecule has 1 aromatic carbocycles. The molecule has 1 aromatic heterocycles.